The molecule has 0 atom stereocenters. The van der Waals surface area contributed by atoms with Gasteiger partial charge in [0.1, 0.15) is 0 Å². The van der Waals surface area contributed by atoms with Crippen LogP contribution in [0.2, 0.25) is 0 Å². The Morgan fingerprint density at radius 3 is 2.65 bits per heavy atom. The van der Waals surface area contributed by atoms with Gasteiger partial charge in [0.15, 0.2) is 11.2 Å². The van der Waals surface area contributed by atoms with Crippen molar-refractivity contribution in [1.29, 1.82) is 0 Å². The second kappa shape index (κ2) is 3.40. The number of carboxylic acid groups (broad SMARTS) is 1. The Labute approximate surface area is 92.6 Å². The highest BCUT2D eigenvalue weighted by Crippen LogP contribution is 2.01. The minimum Gasteiger partial charge on any atom is -0.476 e. The summed E-state index contributed by atoms with van der Waals surface area (Å²) in [5.74, 6) is -1.63. The van der Waals surface area contributed by atoms with Crippen LogP contribution >= 0.6 is 0 Å². The van der Waals surface area contributed by atoms with Crippen LogP contribution < -0.4 is 16.9 Å². The molecule has 9 heteroatoms. The molecular formula is C8H7N5O4. The molecule has 2 aromatic rings. The summed E-state index contributed by atoms with van der Waals surface area (Å²) in [6, 6.07) is 0. The third-order valence-electron chi connectivity index (χ3n) is 2.17. The Balaban J connectivity index is 3.00. The molecule has 0 aromatic carbocycles. The van der Waals surface area contributed by atoms with Crippen LogP contribution in [-0.2, 0) is 7.05 Å². The second-order valence-corrected chi connectivity index (χ2v) is 3.25. The van der Waals surface area contributed by atoms with Gasteiger partial charge in [0, 0.05) is 7.05 Å². The number of aromatic amines is 1. The fourth-order valence-corrected chi connectivity index (χ4v) is 1.27. The second-order valence-electron chi connectivity index (χ2n) is 3.25. The predicted octanol–water partition coefficient (Wildman–Crippen LogP) is -1.70. The number of anilines is 1. The predicted molar refractivity (Wildman–Crippen MR) is 56.8 cm³/mol. The van der Waals surface area contributed by atoms with Crippen LogP contribution in [0.1, 0.15) is 10.5 Å². The SMILES string of the molecule is Cn1c(N)nc2[nH]c(=O)c(C(=O)O)nc2c1=O. The van der Waals surface area contributed by atoms with Gasteiger partial charge in [0.05, 0.1) is 0 Å². The Bertz CT molecular complexity index is 744. The standard InChI is InChI=1S/C8H7N5O4/c1-13-6(15)2-4(12-8(13)9)11-5(14)3(10-2)7(16)17/h1H3,(H,16,17)(H3,9,11,12,14). The zero-order valence-corrected chi connectivity index (χ0v) is 8.59. The molecule has 2 heterocycles. The van der Waals surface area contributed by atoms with Crippen molar-refractivity contribution in [3.8, 4) is 0 Å². The van der Waals surface area contributed by atoms with E-state index in [4.69, 9.17) is 10.8 Å². The van der Waals surface area contributed by atoms with Crippen molar-refractivity contribution in [2.75, 3.05) is 5.73 Å². The summed E-state index contributed by atoms with van der Waals surface area (Å²) in [6.07, 6.45) is 0. The summed E-state index contributed by atoms with van der Waals surface area (Å²) in [4.78, 5) is 43.0. The molecule has 0 fully saturated rings. The zero-order chi connectivity index (χ0) is 12.7. The van der Waals surface area contributed by atoms with Crippen LogP contribution in [-0.4, -0.2) is 30.6 Å². The average Bonchev–Trinajstić information content (AvgIpc) is 2.25. The van der Waals surface area contributed by atoms with E-state index >= 15 is 0 Å². The van der Waals surface area contributed by atoms with Crippen LogP contribution in [0.3, 0.4) is 0 Å². The fraction of sp³-hybridized carbons (Fsp3) is 0.125. The topological polar surface area (TPSA) is 144 Å². The van der Waals surface area contributed by atoms with Gasteiger partial charge in [-0.1, -0.05) is 0 Å². The number of H-pyrrole nitrogens is 1. The normalized spacial score (nSPS) is 10.6. The number of hydrogen-bond acceptors (Lipinski definition) is 6. The molecule has 4 N–H and O–H groups in total. The van der Waals surface area contributed by atoms with Gasteiger partial charge in [-0.05, 0) is 0 Å². The summed E-state index contributed by atoms with van der Waals surface area (Å²) in [6.45, 7) is 0. The molecule has 88 valence electrons. The monoisotopic (exact) mass is 237 g/mol. The molecule has 2 rings (SSSR count). The molecule has 0 saturated heterocycles. The van der Waals surface area contributed by atoms with Gasteiger partial charge >= 0.3 is 5.97 Å². The summed E-state index contributed by atoms with van der Waals surface area (Å²) in [5, 5.41) is 8.70. The van der Waals surface area contributed by atoms with Crippen LogP contribution in [0.15, 0.2) is 9.59 Å². The number of nitrogens with one attached hydrogen (secondary N) is 1. The highest BCUT2D eigenvalue weighted by molar-refractivity contribution is 5.87. The molecule has 0 aliphatic rings. The smallest absolute Gasteiger partial charge is 0.360 e. The molecule has 2 aromatic heterocycles. The lowest BCUT2D eigenvalue weighted by molar-refractivity contribution is 0.0689. The molecule has 0 aliphatic heterocycles. The number of hydrogen-bond donors (Lipinski definition) is 3. The first kappa shape index (κ1) is 10.8. The number of aromatic carboxylic acids is 1. The van der Waals surface area contributed by atoms with Gasteiger partial charge in [-0.3, -0.25) is 14.2 Å². The fourth-order valence-electron chi connectivity index (χ4n) is 1.27. The van der Waals surface area contributed by atoms with E-state index in [1.54, 1.807) is 0 Å². The molecule has 0 bridgehead atoms. The molecule has 0 saturated carbocycles. The minimum atomic E-state index is -1.52. The Kier molecular flexibility index (Phi) is 2.16. The lowest BCUT2D eigenvalue weighted by atomic mass is 10.4. The molecule has 0 aliphatic carbocycles. The quantitative estimate of drug-likeness (QED) is 0.535. The summed E-state index contributed by atoms with van der Waals surface area (Å²) < 4.78 is 0.999. The van der Waals surface area contributed by atoms with Crippen LogP contribution in [0.4, 0.5) is 5.95 Å². The van der Waals surface area contributed by atoms with Crippen molar-refractivity contribution in [3.63, 3.8) is 0 Å². The molecule has 0 unspecified atom stereocenters. The number of carbonyl (C=O) groups is 1. The number of aromatic nitrogens is 4. The van der Waals surface area contributed by atoms with Crippen molar-refractivity contribution in [2.45, 2.75) is 0 Å². The third-order valence-corrected chi connectivity index (χ3v) is 2.17. The lowest BCUT2D eigenvalue weighted by Crippen LogP contribution is -2.27. The first-order chi connectivity index (χ1) is 7.91. The average molecular weight is 237 g/mol. The highest BCUT2D eigenvalue weighted by Gasteiger charge is 2.15. The van der Waals surface area contributed by atoms with E-state index < -0.39 is 22.8 Å². The Morgan fingerprint density at radius 2 is 2.06 bits per heavy atom. The maximum atomic E-state index is 11.7. The van der Waals surface area contributed by atoms with Crippen LogP contribution in [0, 0.1) is 0 Å². The van der Waals surface area contributed by atoms with E-state index in [9.17, 15) is 14.4 Å². The zero-order valence-electron chi connectivity index (χ0n) is 8.59. The van der Waals surface area contributed by atoms with E-state index in [-0.39, 0.29) is 17.1 Å². The van der Waals surface area contributed by atoms with E-state index in [1.807, 2.05) is 0 Å². The van der Waals surface area contributed by atoms with Gasteiger partial charge in [-0.2, -0.15) is 4.98 Å². The van der Waals surface area contributed by atoms with Crippen molar-refractivity contribution >= 4 is 23.1 Å². The van der Waals surface area contributed by atoms with Crippen LogP contribution in [0.5, 0.6) is 0 Å². The first-order valence-electron chi connectivity index (χ1n) is 4.41. The van der Waals surface area contributed by atoms with Crippen molar-refractivity contribution in [1.82, 2.24) is 19.5 Å². The van der Waals surface area contributed by atoms with Crippen molar-refractivity contribution in [3.05, 3.63) is 26.4 Å². The van der Waals surface area contributed by atoms with E-state index in [0.717, 1.165) is 4.57 Å². The third kappa shape index (κ3) is 1.53. The summed E-state index contributed by atoms with van der Waals surface area (Å²) in [7, 11) is 1.36. The van der Waals surface area contributed by atoms with Gasteiger partial charge in [0.2, 0.25) is 11.6 Å². The van der Waals surface area contributed by atoms with Gasteiger partial charge < -0.3 is 15.8 Å². The maximum Gasteiger partial charge on any atom is 0.360 e. The number of nitrogens with zero attached hydrogens (tertiary/aromatic N) is 3. The van der Waals surface area contributed by atoms with E-state index in [0.29, 0.717) is 0 Å². The largest absolute Gasteiger partial charge is 0.476 e. The van der Waals surface area contributed by atoms with Crippen molar-refractivity contribution < 1.29 is 9.90 Å². The van der Waals surface area contributed by atoms with Gasteiger partial charge in [-0.25, -0.2) is 9.78 Å². The molecular weight excluding hydrogens is 230 g/mol. The number of fused-ring (bicyclic) bond motifs is 1. The molecule has 17 heavy (non-hydrogen) atoms. The molecule has 0 spiro atoms. The Hall–Kier alpha value is -2.71. The van der Waals surface area contributed by atoms with Crippen LogP contribution in [0.25, 0.3) is 11.2 Å². The van der Waals surface area contributed by atoms with Gasteiger partial charge in [0.25, 0.3) is 11.1 Å². The molecule has 9 nitrogen and oxygen atoms in total. The van der Waals surface area contributed by atoms with Crippen molar-refractivity contribution in [2.24, 2.45) is 7.05 Å². The first-order valence-corrected chi connectivity index (χ1v) is 4.41. The molecule has 0 amide bonds. The van der Waals surface area contributed by atoms with E-state index in [2.05, 4.69) is 15.0 Å². The number of rotatable bonds is 1. The number of nitrogens with two attached hydrogens (primary N) is 1. The summed E-state index contributed by atoms with van der Waals surface area (Å²) in [5.41, 5.74) is 2.70. The van der Waals surface area contributed by atoms with Gasteiger partial charge in [-0.15, -0.1) is 0 Å². The number of carboxylic acids is 1. The Morgan fingerprint density at radius 1 is 1.41 bits per heavy atom. The van der Waals surface area contributed by atoms with E-state index in [1.165, 1.54) is 7.05 Å². The summed E-state index contributed by atoms with van der Waals surface area (Å²) >= 11 is 0. The maximum absolute atomic E-state index is 11.7. The minimum absolute atomic E-state index is 0.108. The highest BCUT2D eigenvalue weighted by atomic mass is 16.4. The molecule has 0 radical (unpaired) electrons. The number of nitrogen functional groups attached to an aromatic ring is 1. The lowest BCUT2D eigenvalue weighted by Gasteiger charge is -2.03.